The summed E-state index contributed by atoms with van der Waals surface area (Å²) < 4.78 is 5.70. The van der Waals surface area contributed by atoms with Crippen molar-refractivity contribution in [3.63, 3.8) is 0 Å². The highest BCUT2D eigenvalue weighted by Gasteiger charge is 2.50. The van der Waals surface area contributed by atoms with Gasteiger partial charge in [0.15, 0.2) is 0 Å². The highest BCUT2D eigenvalue weighted by molar-refractivity contribution is 7.98. The van der Waals surface area contributed by atoms with Crippen molar-refractivity contribution in [3.8, 4) is 5.75 Å². The van der Waals surface area contributed by atoms with Crippen LogP contribution in [0.4, 0.5) is 0 Å². The van der Waals surface area contributed by atoms with E-state index in [1.54, 1.807) is 18.9 Å². The summed E-state index contributed by atoms with van der Waals surface area (Å²) in [5.74, 6) is 1.94. The maximum absolute atomic E-state index is 10.2. The van der Waals surface area contributed by atoms with Gasteiger partial charge in [0.05, 0.1) is 7.11 Å². The Hall–Kier alpha value is -2.31. The van der Waals surface area contributed by atoms with Gasteiger partial charge in [0.1, 0.15) is 5.75 Å². The fraction of sp³-hybridized carbons (Fsp3) is 0.400. The first-order valence-corrected chi connectivity index (χ1v) is 13.8. The standard InChI is InChI=1S/C30H36N2O2S/c1-34-27-14-13-25(35-2)17-23(27)18-31-29-26-15-16-32(19-24(26)20-33)30(29)28(21-9-5-3-6-10-21)22-11-7-4-8-12-22/h3-14,17,24,26,28-31,33H,15-16,18-20H2,1-2H3/t24-,26+,29+,30-/m1/s1. The number of rotatable bonds is 9. The molecular formula is C30H36N2O2S. The monoisotopic (exact) mass is 488 g/mol. The lowest BCUT2D eigenvalue weighted by Crippen LogP contribution is -2.67. The van der Waals surface area contributed by atoms with E-state index in [0.29, 0.717) is 17.9 Å². The van der Waals surface area contributed by atoms with Gasteiger partial charge in [-0.25, -0.2) is 0 Å². The molecule has 6 rings (SSSR count). The van der Waals surface area contributed by atoms with Crippen molar-refractivity contribution in [3.05, 3.63) is 95.6 Å². The number of fused-ring (bicyclic) bond motifs is 3. The molecule has 0 aliphatic carbocycles. The number of aliphatic hydroxyl groups is 1. The largest absolute Gasteiger partial charge is 0.496 e. The maximum atomic E-state index is 10.2. The Labute approximate surface area is 213 Å². The molecule has 3 aliphatic rings. The first-order valence-electron chi connectivity index (χ1n) is 12.6. The van der Waals surface area contributed by atoms with Gasteiger partial charge in [-0.3, -0.25) is 4.90 Å². The van der Waals surface area contributed by atoms with Crippen molar-refractivity contribution < 1.29 is 9.84 Å². The molecule has 2 bridgehead atoms. The van der Waals surface area contributed by atoms with Crippen molar-refractivity contribution in [2.75, 3.05) is 33.1 Å². The Bertz CT molecular complexity index is 1050. The predicted octanol–water partition coefficient (Wildman–Crippen LogP) is 5.02. The van der Waals surface area contributed by atoms with E-state index in [-0.39, 0.29) is 18.6 Å². The van der Waals surface area contributed by atoms with Crippen LogP contribution in [0.25, 0.3) is 0 Å². The molecule has 0 spiro atoms. The van der Waals surface area contributed by atoms with E-state index in [2.05, 4.69) is 95.3 Å². The minimum absolute atomic E-state index is 0.249. The molecule has 5 atom stereocenters. The molecule has 0 radical (unpaired) electrons. The van der Waals surface area contributed by atoms with Crippen molar-refractivity contribution in [1.82, 2.24) is 10.2 Å². The van der Waals surface area contributed by atoms with E-state index in [0.717, 1.165) is 31.8 Å². The molecule has 3 aromatic carbocycles. The molecule has 3 heterocycles. The van der Waals surface area contributed by atoms with Crippen molar-refractivity contribution in [2.24, 2.45) is 11.8 Å². The average molecular weight is 489 g/mol. The molecule has 3 aliphatic heterocycles. The van der Waals surface area contributed by atoms with Crippen molar-refractivity contribution in [1.29, 1.82) is 0 Å². The molecule has 1 unspecified atom stereocenters. The number of methoxy groups -OCH3 is 1. The van der Waals surface area contributed by atoms with Crippen LogP contribution in [-0.4, -0.2) is 55.2 Å². The predicted molar refractivity (Wildman–Crippen MR) is 144 cm³/mol. The smallest absolute Gasteiger partial charge is 0.123 e. The number of benzene rings is 3. The molecule has 5 heteroatoms. The minimum Gasteiger partial charge on any atom is -0.496 e. The van der Waals surface area contributed by atoms with Gasteiger partial charge in [-0.15, -0.1) is 11.8 Å². The Morgan fingerprint density at radius 2 is 1.71 bits per heavy atom. The summed E-state index contributed by atoms with van der Waals surface area (Å²) in [6.45, 7) is 3.05. The molecule has 4 nitrogen and oxygen atoms in total. The zero-order valence-electron chi connectivity index (χ0n) is 20.6. The lowest BCUT2D eigenvalue weighted by atomic mass is 9.66. The van der Waals surface area contributed by atoms with Gasteiger partial charge in [-0.05, 0) is 60.4 Å². The fourth-order valence-corrected chi connectivity index (χ4v) is 6.81. The summed E-state index contributed by atoms with van der Waals surface area (Å²) in [4.78, 5) is 3.88. The number of ether oxygens (including phenoxy) is 1. The lowest BCUT2D eigenvalue weighted by molar-refractivity contribution is -0.0536. The van der Waals surface area contributed by atoms with Crippen LogP contribution in [0.2, 0.25) is 0 Å². The number of piperidine rings is 3. The molecule has 0 amide bonds. The third kappa shape index (κ3) is 5.01. The van der Waals surface area contributed by atoms with Crippen LogP contribution in [0, 0.1) is 11.8 Å². The topological polar surface area (TPSA) is 44.7 Å². The number of hydrogen-bond acceptors (Lipinski definition) is 5. The van der Waals surface area contributed by atoms with Crippen LogP contribution in [-0.2, 0) is 6.54 Å². The summed E-state index contributed by atoms with van der Waals surface area (Å²) in [6, 6.07) is 28.9. The summed E-state index contributed by atoms with van der Waals surface area (Å²) in [7, 11) is 1.75. The zero-order chi connectivity index (χ0) is 24.2. The number of hydrogen-bond donors (Lipinski definition) is 2. The molecule has 35 heavy (non-hydrogen) atoms. The third-order valence-corrected chi connectivity index (χ3v) is 8.71. The van der Waals surface area contributed by atoms with Crippen molar-refractivity contribution >= 4 is 11.8 Å². The number of aliphatic hydroxyl groups excluding tert-OH is 1. The molecule has 3 saturated heterocycles. The van der Waals surface area contributed by atoms with E-state index >= 15 is 0 Å². The van der Waals surface area contributed by atoms with E-state index < -0.39 is 0 Å². The van der Waals surface area contributed by atoms with E-state index in [1.165, 1.54) is 21.6 Å². The van der Waals surface area contributed by atoms with E-state index in [1.807, 2.05) is 0 Å². The average Bonchev–Trinajstić information content (AvgIpc) is 2.93. The Morgan fingerprint density at radius 3 is 2.31 bits per heavy atom. The summed E-state index contributed by atoms with van der Waals surface area (Å²) in [5, 5.41) is 14.2. The Kier molecular flexibility index (Phi) is 7.78. The van der Waals surface area contributed by atoms with Gasteiger partial charge < -0.3 is 15.2 Å². The summed E-state index contributed by atoms with van der Waals surface area (Å²) in [6.07, 6.45) is 3.23. The van der Waals surface area contributed by atoms with Crippen molar-refractivity contribution in [2.45, 2.75) is 35.9 Å². The van der Waals surface area contributed by atoms with Crippen LogP contribution in [0.1, 0.15) is 29.0 Å². The maximum Gasteiger partial charge on any atom is 0.123 e. The minimum atomic E-state index is 0.249. The van der Waals surface area contributed by atoms with Crippen LogP contribution in [0.5, 0.6) is 5.75 Å². The highest BCUT2D eigenvalue weighted by atomic mass is 32.2. The molecule has 184 valence electrons. The molecule has 3 fully saturated rings. The van der Waals surface area contributed by atoms with E-state index in [9.17, 15) is 5.11 Å². The first-order chi connectivity index (χ1) is 17.2. The van der Waals surface area contributed by atoms with Gasteiger partial charge in [-0.1, -0.05) is 60.7 Å². The Morgan fingerprint density at radius 1 is 1.03 bits per heavy atom. The van der Waals surface area contributed by atoms with Crippen LogP contribution in [0.3, 0.4) is 0 Å². The molecule has 0 aromatic heterocycles. The third-order valence-electron chi connectivity index (χ3n) is 7.98. The lowest BCUT2D eigenvalue weighted by Gasteiger charge is -2.57. The second-order valence-corrected chi connectivity index (χ2v) is 10.6. The molecule has 2 N–H and O–H groups in total. The number of nitrogens with one attached hydrogen (secondary N) is 1. The Balaban J connectivity index is 1.52. The second kappa shape index (κ2) is 11.2. The van der Waals surface area contributed by atoms with E-state index in [4.69, 9.17) is 4.74 Å². The van der Waals surface area contributed by atoms with Gasteiger partial charge in [0, 0.05) is 48.2 Å². The first kappa shape index (κ1) is 24.4. The summed E-state index contributed by atoms with van der Waals surface area (Å²) in [5.41, 5.74) is 3.89. The van der Waals surface area contributed by atoms with Crippen LogP contribution in [0.15, 0.2) is 83.8 Å². The number of nitrogens with zero attached hydrogens (tertiary/aromatic N) is 1. The fourth-order valence-electron chi connectivity index (χ4n) is 6.34. The van der Waals surface area contributed by atoms with Crippen LogP contribution < -0.4 is 10.1 Å². The van der Waals surface area contributed by atoms with Gasteiger partial charge >= 0.3 is 0 Å². The SMILES string of the molecule is COc1ccc(SC)cc1CN[C@H]1[C@H]2CCN(C[C@@H]2CO)[C@@H]1C(c1ccccc1)c1ccccc1. The normalized spacial score (nSPS) is 25.7. The molecular weight excluding hydrogens is 452 g/mol. The molecule has 0 saturated carbocycles. The zero-order valence-corrected chi connectivity index (χ0v) is 21.5. The quantitative estimate of drug-likeness (QED) is 0.414. The second-order valence-electron chi connectivity index (χ2n) is 9.76. The van der Waals surface area contributed by atoms with Gasteiger partial charge in [0.2, 0.25) is 0 Å². The molecule has 3 aromatic rings. The van der Waals surface area contributed by atoms with Crippen LogP contribution >= 0.6 is 11.8 Å². The number of thioether (sulfide) groups is 1. The highest BCUT2D eigenvalue weighted by Crippen LogP contribution is 2.44. The summed E-state index contributed by atoms with van der Waals surface area (Å²) >= 11 is 1.76. The van der Waals surface area contributed by atoms with Gasteiger partial charge in [-0.2, -0.15) is 0 Å². The van der Waals surface area contributed by atoms with Gasteiger partial charge in [0.25, 0.3) is 0 Å².